The van der Waals surface area contributed by atoms with E-state index in [9.17, 15) is 35.1 Å². The van der Waals surface area contributed by atoms with E-state index < -0.39 is 31.9 Å². The van der Waals surface area contributed by atoms with E-state index in [4.69, 9.17) is 0 Å². The number of hydrogen-bond donors (Lipinski definition) is 1. The van der Waals surface area contributed by atoms with E-state index >= 15 is 0 Å². The number of allylic oxidation sites excluding steroid dienone is 3. The summed E-state index contributed by atoms with van der Waals surface area (Å²) in [5, 5.41) is 35.5. The Morgan fingerprint density at radius 3 is 1.86 bits per heavy atom. The third-order valence-corrected chi connectivity index (χ3v) is 5.90. The molecule has 11 heteroatoms. The number of nitrogens with zero attached hydrogens (tertiary/aromatic N) is 3. The van der Waals surface area contributed by atoms with Crippen molar-refractivity contribution in [1.29, 1.82) is 0 Å². The molecule has 1 aromatic heterocycles. The Labute approximate surface area is 201 Å². The predicted molar refractivity (Wildman–Crippen MR) is 131 cm³/mol. The maximum atomic E-state index is 12.1. The zero-order valence-corrected chi connectivity index (χ0v) is 18.2. The second-order valence-electron chi connectivity index (χ2n) is 7.94. The molecule has 11 nitrogen and oxygen atoms in total. The van der Waals surface area contributed by atoms with Crippen LogP contribution >= 0.6 is 0 Å². The van der Waals surface area contributed by atoms with Gasteiger partial charge in [0.2, 0.25) is 0 Å². The number of fused-ring (bicyclic) bond motifs is 6. The van der Waals surface area contributed by atoms with Crippen LogP contribution in [0.4, 0.5) is 5.69 Å². The Hall–Kier alpha value is -5.45. The summed E-state index contributed by atoms with van der Waals surface area (Å²) in [5.41, 5.74) is 0.894. The lowest BCUT2D eigenvalue weighted by Gasteiger charge is -2.10. The molecule has 0 fully saturated rings. The van der Waals surface area contributed by atoms with Crippen LogP contribution in [0.3, 0.4) is 0 Å². The Bertz CT molecular complexity index is 1690. The molecular formula is C25H14N4O7. The summed E-state index contributed by atoms with van der Waals surface area (Å²) in [6, 6.07) is 20.4. The van der Waals surface area contributed by atoms with E-state index in [-0.39, 0.29) is 28.0 Å². The molecule has 0 spiro atoms. The average Bonchev–Trinajstić information content (AvgIpc) is 3.43. The number of carbonyl (C=O) groups excluding carboxylic acids is 1. The molecule has 176 valence electrons. The highest BCUT2D eigenvalue weighted by molar-refractivity contribution is 6.25. The molecule has 4 aromatic rings. The minimum Gasteiger partial charge on any atom is -0.355 e. The number of nitro groups is 3. The molecule has 0 amide bonds. The van der Waals surface area contributed by atoms with Crippen molar-refractivity contribution >= 4 is 44.9 Å². The van der Waals surface area contributed by atoms with E-state index in [0.717, 1.165) is 12.1 Å². The van der Waals surface area contributed by atoms with Crippen LogP contribution in [0.1, 0.15) is 11.1 Å². The molecule has 2 aliphatic rings. The quantitative estimate of drug-likeness (QED) is 0.316. The van der Waals surface area contributed by atoms with Gasteiger partial charge in [0, 0.05) is 39.5 Å². The van der Waals surface area contributed by atoms with Gasteiger partial charge in [-0.05, 0) is 35.4 Å². The van der Waals surface area contributed by atoms with Crippen LogP contribution in [0, 0.1) is 30.3 Å². The Balaban J connectivity index is 0.000000172. The summed E-state index contributed by atoms with van der Waals surface area (Å²) in [6.45, 7) is 0. The molecule has 0 atom stereocenters. The molecule has 6 rings (SSSR count). The number of hydrogen-bond acceptors (Lipinski definition) is 7. The fourth-order valence-corrected chi connectivity index (χ4v) is 4.32. The number of rotatable bonds is 3. The van der Waals surface area contributed by atoms with Crippen molar-refractivity contribution in [2.24, 2.45) is 0 Å². The molecule has 2 aliphatic carbocycles. The number of Topliss-reactive ketones (excluding diaryl/α,β-unsaturated/α-hetero) is 1. The maximum absolute atomic E-state index is 12.1. The molecule has 0 saturated heterocycles. The Morgan fingerprint density at radius 1 is 0.694 bits per heavy atom. The zero-order valence-electron chi connectivity index (χ0n) is 18.2. The number of carbonyl (C=O) groups is 1. The van der Waals surface area contributed by atoms with Crippen LogP contribution in [-0.2, 0) is 4.79 Å². The lowest BCUT2D eigenvalue weighted by molar-refractivity contribution is -0.430. The van der Waals surface area contributed by atoms with E-state index in [0.29, 0.717) is 6.08 Å². The first kappa shape index (κ1) is 22.3. The SMILES string of the molecule is O=C1C2=Cc3cc([N+](=O)[O-])ccc3C2=C([N+](=O)[O-])C=C1[N+](=O)[O-].c1ccc2c(c1)[nH]c1ccccc12. The van der Waals surface area contributed by atoms with Gasteiger partial charge in [0.25, 0.3) is 17.2 Å². The van der Waals surface area contributed by atoms with Gasteiger partial charge in [-0.2, -0.15) is 0 Å². The Morgan fingerprint density at radius 2 is 1.31 bits per heavy atom. The summed E-state index contributed by atoms with van der Waals surface area (Å²) < 4.78 is 0. The van der Waals surface area contributed by atoms with Gasteiger partial charge in [-0.15, -0.1) is 0 Å². The van der Waals surface area contributed by atoms with Crippen LogP contribution in [0.15, 0.2) is 89.8 Å². The third kappa shape index (κ3) is 3.60. The number of nitrogens with one attached hydrogen (secondary N) is 1. The van der Waals surface area contributed by atoms with Crippen molar-refractivity contribution in [2.45, 2.75) is 0 Å². The van der Waals surface area contributed by atoms with Crippen LogP contribution in [0.2, 0.25) is 0 Å². The van der Waals surface area contributed by atoms with Crippen LogP contribution in [0.25, 0.3) is 33.5 Å². The molecule has 0 saturated carbocycles. The minimum atomic E-state index is -0.991. The molecule has 0 unspecified atom stereocenters. The lowest BCUT2D eigenvalue weighted by Crippen LogP contribution is -2.20. The summed E-state index contributed by atoms with van der Waals surface area (Å²) >= 11 is 0. The van der Waals surface area contributed by atoms with Gasteiger partial charge in [0.05, 0.1) is 26.4 Å². The van der Waals surface area contributed by atoms with Gasteiger partial charge in [-0.25, -0.2) is 0 Å². The molecule has 1 heterocycles. The first-order chi connectivity index (χ1) is 17.3. The van der Waals surface area contributed by atoms with Gasteiger partial charge in [-0.1, -0.05) is 36.4 Å². The molecular weight excluding hydrogens is 468 g/mol. The average molecular weight is 482 g/mol. The van der Waals surface area contributed by atoms with Gasteiger partial charge >= 0.3 is 5.70 Å². The number of ketones is 1. The normalized spacial score (nSPS) is 13.9. The highest BCUT2D eigenvalue weighted by Gasteiger charge is 2.42. The first-order valence-corrected chi connectivity index (χ1v) is 10.5. The summed E-state index contributed by atoms with van der Waals surface area (Å²) in [4.78, 5) is 45.9. The van der Waals surface area contributed by atoms with Crippen molar-refractivity contribution in [1.82, 2.24) is 4.98 Å². The maximum Gasteiger partial charge on any atom is 0.323 e. The molecule has 1 N–H and O–H groups in total. The van der Waals surface area contributed by atoms with Gasteiger partial charge in [-0.3, -0.25) is 35.1 Å². The Kier molecular flexibility index (Phi) is 5.21. The topological polar surface area (TPSA) is 162 Å². The zero-order chi connectivity index (χ0) is 25.6. The lowest BCUT2D eigenvalue weighted by atomic mass is 9.92. The van der Waals surface area contributed by atoms with Crippen LogP contribution in [-0.4, -0.2) is 25.5 Å². The van der Waals surface area contributed by atoms with Crippen molar-refractivity contribution in [3.63, 3.8) is 0 Å². The monoisotopic (exact) mass is 482 g/mol. The third-order valence-electron chi connectivity index (χ3n) is 5.90. The standard InChI is InChI=1S/C13H5N3O7.C12H9N/c17-13-9-4-6-3-7(14(18)19)1-2-8(6)12(9)10(15(20)21)5-11(13)16(22)23;1-3-7-11-9(5-1)10-6-2-4-8-12(10)13-11/h1-5H;1-8,13H. The second-order valence-corrected chi connectivity index (χ2v) is 7.94. The van der Waals surface area contributed by atoms with E-state index in [1.165, 1.54) is 33.9 Å². The van der Waals surface area contributed by atoms with Crippen molar-refractivity contribution in [3.8, 4) is 0 Å². The molecule has 0 radical (unpaired) electrons. The number of H-pyrrole nitrogens is 1. The van der Waals surface area contributed by atoms with E-state index in [1.807, 2.05) is 0 Å². The smallest absolute Gasteiger partial charge is 0.323 e. The van der Waals surface area contributed by atoms with Crippen molar-refractivity contribution in [3.05, 3.63) is 131 Å². The van der Waals surface area contributed by atoms with E-state index in [1.54, 1.807) is 0 Å². The van der Waals surface area contributed by atoms with Crippen molar-refractivity contribution in [2.75, 3.05) is 0 Å². The van der Waals surface area contributed by atoms with E-state index in [2.05, 4.69) is 53.5 Å². The number of non-ortho nitro benzene ring substituents is 1. The minimum absolute atomic E-state index is 0.0597. The van der Waals surface area contributed by atoms with Crippen LogP contribution in [0.5, 0.6) is 0 Å². The summed E-state index contributed by atoms with van der Waals surface area (Å²) in [6.07, 6.45) is 1.81. The number of nitro benzene ring substituents is 1. The number of aromatic amines is 1. The number of para-hydroxylation sites is 2. The number of benzene rings is 3. The highest BCUT2D eigenvalue weighted by Crippen LogP contribution is 2.43. The van der Waals surface area contributed by atoms with Crippen LogP contribution < -0.4 is 0 Å². The van der Waals surface area contributed by atoms with Gasteiger partial charge < -0.3 is 4.98 Å². The van der Waals surface area contributed by atoms with Gasteiger partial charge in [0.15, 0.2) is 0 Å². The molecule has 0 aliphatic heterocycles. The first-order valence-electron chi connectivity index (χ1n) is 10.5. The fraction of sp³-hybridized carbons (Fsp3) is 0. The summed E-state index contributed by atoms with van der Waals surface area (Å²) in [7, 11) is 0. The molecule has 0 bridgehead atoms. The fourth-order valence-electron chi connectivity index (χ4n) is 4.32. The van der Waals surface area contributed by atoms with Crippen molar-refractivity contribution < 1.29 is 19.6 Å². The highest BCUT2D eigenvalue weighted by atomic mass is 16.6. The summed E-state index contributed by atoms with van der Waals surface area (Å²) in [5.74, 6) is -0.963. The molecule has 36 heavy (non-hydrogen) atoms. The second kappa shape index (κ2) is 8.40. The number of aromatic nitrogens is 1. The predicted octanol–water partition coefficient (Wildman–Crippen LogP) is 5.04. The molecule has 3 aromatic carbocycles. The van der Waals surface area contributed by atoms with Gasteiger partial charge in [0.1, 0.15) is 0 Å². The largest absolute Gasteiger partial charge is 0.355 e.